The van der Waals surface area contributed by atoms with Crippen molar-refractivity contribution in [2.24, 2.45) is 0 Å². The Bertz CT molecular complexity index is 1280. The second kappa shape index (κ2) is 7.98. The average molecular weight is 406 g/mol. The lowest BCUT2D eigenvalue weighted by Crippen LogP contribution is -2.29. The Kier molecular flexibility index (Phi) is 5.22. The van der Waals surface area contributed by atoms with Crippen molar-refractivity contribution in [1.82, 2.24) is 14.7 Å². The molecule has 0 saturated carbocycles. The number of carbonyl (C=O) groups is 1. The number of H-pyrrole nitrogens is 1. The molecule has 0 radical (unpaired) electrons. The Balaban J connectivity index is 1.83. The maximum atomic E-state index is 13.1. The quantitative estimate of drug-likeness (QED) is 0.479. The van der Waals surface area contributed by atoms with Gasteiger partial charge in [0.1, 0.15) is 16.7 Å². The Labute approximate surface area is 173 Å². The van der Waals surface area contributed by atoms with Crippen LogP contribution < -0.4 is 21.2 Å². The van der Waals surface area contributed by atoms with E-state index in [0.717, 1.165) is 12.0 Å². The first-order valence-electron chi connectivity index (χ1n) is 9.92. The van der Waals surface area contributed by atoms with Crippen LogP contribution in [0.25, 0.3) is 16.7 Å². The zero-order chi connectivity index (χ0) is 21.3. The van der Waals surface area contributed by atoms with E-state index in [0.29, 0.717) is 33.8 Å². The van der Waals surface area contributed by atoms with Crippen LogP contribution in [0.4, 0.5) is 5.82 Å². The van der Waals surface area contributed by atoms with Gasteiger partial charge in [-0.25, -0.2) is 9.78 Å². The standard InChI is InChI=1S/C22H23N5O3/c1-4-14(3)24-19-16(21(28)23-11-15-6-5-9-30-15)10-17-20(26-19)25-18-8-7-13(2)12-27(18)22(17)29/h5-10,12,14H,4,11H2,1-3H3,(H,23,28)(H,24,26)/p+1/t14-/m1/s1. The van der Waals surface area contributed by atoms with Crippen molar-refractivity contribution in [3.63, 3.8) is 0 Å². The molecule has 30 heavy (non-hydrogen) atoms. The molecule has 1 atom stereocenters. The largest absolute Gasteiger partial charge is 0.467 e. The van der Waals surface area contributed by atoms with Gasteiger partial charge in [0, 0.05) is 12.1 Å². The van der Waals surface area contributed by atoms with E-state index in [1.165, 1.54) is 4.40 Å². The summed E-state index contributed by atoms with van der Waals surface area (Å²) in [4.78, 5) is 33.8. The van der Waals surface area contributed by atoms with Crippen molar-refractivity contribution in [2.45, 2.75) is 39.8 Å². The van der Waals surface area contributed by atoms with Crippen LogP contribution in [-0.2, 0) is 6.54 Å². The van der Waals surface area contributed by atoms with Gasteiger partial charge >= 0.3 is 5.56 Å². The highest BCUT2D eigenvalue weighted by atomic mass is 16.3. The summed E-state index contributed by atoms with van der Waals surface area (Å²) < 4.78 is 6.81. The predicted molar refractivity (Wildman–Crippen MR) is 114 cm³/mol. The number of furan rings is 1. The van der Waals surface area contributed by atoms with Gasteiger partial charge in [0.2, 0.25) is 11.5 Å². The van der Waals surface area contributed by atoms with Gasteiger partial charge in [-0.3, -0.25) is 4.79 Å². The van der Waals surface area contributed by atoms with Gasteiger partial charge in [-0.1, -0.05) is 11.9 Å². The first kappa shape index (κ1) is 19.6. The molecule has 0 spiro atoms. The molecule has 4 rings (SSSR count). The Morgan fingerprint density at radius 3 is 2.90 bits per heavy atom. The van der Waals surface area contributed by atoms with Gasteiger partial charge in [-0.2, -0.15) is 4.40 Å². The number of amides is 1. The fourth-order valence-electron chi connectivity index (χ4n) is 3.19. The van der Waals surface area contributed by atoms with Crippen molar-refractivity contribution in [1.29, 1.82) is 0 Å². The molecule has 0 saturated heterocycles. The van der Waals surface area contributed by atoms with E-state index in [4.69, 9.17) is 4.42 Å². The minimum Gasteiger partial charge on any atom is -0.467 e. The van der Waals surface area contributed by atoms with Gasteiger partial charge in [0.15, 0.2) is 0 Å². The number of aromatic nitrogens is 3. The van der Waals surface area contributed by atoms with Crippen LogP contribution in [0, 0.1) is 6.92 Å². The van der Waals surface area contributed by atoms with E-state index in [9.17, 15) is 9.59 Å². The highest BCUT2D eigenvalue weighted by molar-refractivity contribution is 6.01. The molecule has 0 aliphatic heterocycles. The van der Waals surface area contributed by atoms with Crippen molar-refractivity contribution in [3.8, 4) is 0 Å². The highest BCUT2D eigenvalue weighted by Gasteiger charge is 2.22. The molecule has 0 aliphatic carbocycles. The molecule has 0 aliphatic rings. The summed E-state index contributed by atoms with van der Waals surface area (Å²) in [6, 6.07) is 9.01. The summed E-state index contributed by atoms with van der Waals surface area (Å²) in [5, 5.41) is 6.45. The summed E-state index contributed by atoms with van der Waals surface area (Å²) >= 11 is 0. The number of nitrogens with one attached hydrogen (secondary N) is 3. The second-order valence-corrected chi connectivity index (χ2v) is 7.39. The lowest BCUT2D eigenvalue weighted by atomic mass is 10.1. The van der Waals surface area contributed by atoms with Crippen molar-refractivity contribution >= 4 is 28.4 Å². The van der Waals surface area contributed by atoms with E-state index in [1.54, 1.807) is 30.7 Å². The summed E-state index contributed by atoms with van der Waals surface area (Å²) in [6.07, 6.45) is 4.17. The monoisotopic (exact) mass is 406 g/mol. The number of fused-ring (bicyclic) bond motifs is 2. The number of carbonyl (C=O) groups excluding carboxylic acids is 1. The molecule has 0 fully saturated rings. The van der Waals surface area contributed by atoms with Crippen LogP contribution >= 0.6 is 0 Å². The third-order valence-electron chi connectivity index (χ3n) is 5.06. The van der Waals surface area contributed by atoms with Crippen molar-refractivity contribution < 1.29 is 14.2 Å². The van der Waals surface area contributed by atoms with E-state index in [-0.39, 0.29) is 24.1 Å². The van der Waals surface area contributed by atoms with Crippen LogP contribution in [0.5, 0.6) is 0 Å². The van der Waals surface area contributed by atoms with Gasteiger partial charge in [-0.15, -0.1) is 0 Å². The first-order chi connectivity index (χ1) is 14.5. The second-order valence-electron chi connectivity index (χ2n) is 7.39. The number of pyridine rings is 2. The SMILES string of the molecule is CC[C@@H](C)Nc1nc2[nH+]c3ccc(C)cn3c(=O)c2cc1C(=O)NCc1ccco1. The van der Waals surface area contributed by atoms with Gasteiger partial charge in [0.25, 0.3) is 11.6 Å². The van der Waals surface area contributed by atoms with Gasteiger partial charge in [0.05, 0.1) is 19.0 Å². The topological polar surface area (TPSA) is 103 Å². The van der Waals surface area contributed by atoms with Crippen LogP contribution in [0.3, 0.4) is 0 Å². The van der Waals surface area contributed by atoms with Crippen LogP contribution in [0.15, 0.2) is 52.0 Å². The number of rotatable bonds is 6. The number of hydrogen-bond donors (Lipinski definition) is 2. The van der Waals surface area contributed by atoms with Crippen LogP contribution in [0.1, 0.15) is 41.9 Å². The Morgan fingerprint density at radius 2 is 2.17 bits per heavy atom. The van der Waals surface area contributed by atoms with E-state index >= 15 is 0 Å². The molecule has 4 heterocycles. The normalized spacial score (nSPS) is 12.2. The maximum Gasteiger partial charge on any atom is 0.325 e. The number of aromatic amines is 1. The molecule has 154 valence electrons. The minimum absolute atomic E-state index is 0.107. The number of anilines is 1. The summed E-state index contributed by atoms with van der Waals surface area (Å²) in [7, 11) is 0. The highest BCUT2D eigenvalue weighted by Crippen LogP contribution is 2.19. The summed E-state index contributed by atoms with van der Waals surface area (Å²) in [5.74, 6) is 0.740. The van der Waals surface area contributed by atoms with Crippen LogP contribution in [0.2, 0.25) is 0 Å². The van der Waals surface area contributed by atoms with Gasteiger partial charge < -0.3 is 15.1 Å². The number of hydrogen-bond acceptors (Lipinski definition) is 5. The van der Waals surface area contributed by atoms with E-state index in [1.807, 2.05) is 32.9 Å². The minimum atomic E-state index is -0.333. The molecule has 4 aromatic rings. The number of aryl methyl sites for hydroxylation is 1. The third-order valence-corrected chi connectivity index (χ3v) is 5.06. The van der Waals surface area contributed by atoms with E-state index in [2.05, 4.69) is 20.6 Å². The summed E-state index contributed by atoms with van der Waals surface area (Å²) in [5.41, 5.74) is 2.10. The molecule has 8 heteroatoms. The molecule has 0 bridgehead atoms. The van der Waals surface area contributed by atoms with Crippen LogP contribution in [-0.4, -0.2) is 21.3 Å². The molecule has 0 aromatic carbocycles. The lowest BCUT2D eigenvalue weighted by Gasteiger charge is -2.13. The molecule has 3 N–H and O–H groups in total. The van der Waals surface area contributed by atoms with E-state index < -0.39 is 0 Å². The molecule has 8 nitrogen and oxygen atoms in total. The summed E-state index contributed by atoms with van der Waals surface area (Å²) in [6.45, 7) is 6.22. The van der Waals surface area contributed by atoms with Gasteiger partial charge in [-0.05, 0) is 50.1 Å². The fraction of sp³-hybridized carbons (Fsp3) is 0.273. The zero-order valence-corrected chi connectivity index (χ0v) is 17.2. The fourth-order valence-corrected chi connectivity index (χ4v) is 3.19. The van der Waals surface area contributed by atoms with Crippen molar-refractivity contribution in [2.75, 3.05) is 5.32 Å². The Hall–Kier alpha value is -3.68. The zero-order valence-electron chi connectivity index (χ0n) is 17.2. The lowest BCUT2D eigenvalue weighted by molar-refractivity contribution is -0.319. The third kappa shape index (κ3) is 3.76. The molecular formula is C22H24N5O3+. The molecule has 0 unspecified atom stereocenters. The predicted octanol–water partition coefficient (Wildman–Crippen LogP) is 2.70. The maximum absolute atomic E-state index is 13.1. The molecule has 1 amide bonds. The van der Waals surface area contributed by atoms with Crippen molar-refractivity contribution in [3.05, 3.63) is 70.0 Å². The molecule has 4 aromatic heterocycles. The molecular weight excluding hydrogens is 382 g/mol. The number of nitrogens with zero attached hydrogens (tertiary/aromatic N) is 2. The average Bonchev–Trinajstić information content (AvgIpc) is 3.26. The first-order valence-corrected chi connectivity index (χ1v) is 9.92. The Morgan fingerprint density at radius 1 is 1.33 bits per heavy atom. The smallest absolute Gasteiger partial charge is 0.325 e.